The van der Waals surface area contributed by atoms with Gasteiger partial charge >= 0.3 is 5.97 Å². The van der Waals surface area contributed by atoms with Crippen LogP contribution < -0.4 is 4.90 Å². The molecule has 1 fully saturated rings. The number of likely N-dealkylation sites (tertiary alicyclic amines) is 1. The summed E-state index contributed by atoms with van der Waals surface area (Å²) < 4.78 is 5.15. The summed E-state index contributed by atoms with van der Waals surface area (Å²) >= 11 is 0. The predicted octanol–water partition coefficient (Wildman–Crippen LogP) is 3.70. The summed E-state index contributed by atoms with van der Waals surface area (Å²) in [7, 11) is 0. The Kier molecular flexibility index (Phi) is 5.95. The van der Waals surface area contributed by atoms with E-state index in [-0.39, 0.29) is 17.8 Å². The number of carbonyl (C=O) groups excluding carboxylic acids is 2. The van der Waals surface area contributed by atoms with Crippen molar-refractivity contribution < 1.29 is 14.3 Å². The fourth-order valence-corrected chi connectivity index (χ4v) is 4.03. The van der Waals surface area contributed by atoms with Crippen molar-refractivity contribution >= 4 is 29.0 Å². The number of aliphatic imine (C=N–C) groups is 1. The van der Waals surface area contributed by atoms with Crippen LogP contribution in [-0.2, 0) is 14.3 Å². The first-order valence-electron chi connectivity index (χ1n) is 10.5. The molecule has 2 aliphatic rings. The summed E-state index contributed by atoms with van der Waals surface area (Å²) in [6.45, 7) is 6.30. The summed E-state index contributed by atoms with van der Waals surface area (Å²) in [6.07, 6.45) is 1.51. The number of hydrogen-bond donors (Lipinski definition) is 0. The number of esters is 1. The van der Waals surface area contributed by atoms with Crippen LogP contribution in [0.15, 0.2) is 53.5 Å². The minimum absolute atomic E-state index is 0.0403. The third-order valence-electron chi connectivity index (χ3n) is 5.72. The second-order valence-electron chi connectivity index (χ2n) is 7.83. The Morgan fingerprint density at radius 2 is 1.80 bits per heavy atom. The Hall–Kier alpha value is -2.99. The van der Waals surface area contributed by atoms with Crippen molar-refractivity contribution in [3.8, 4) is 0 Å². The molecule has 0 bridgehead atoms. The molecule has 0 spiro atoms. The molecule has 1 amide bonds. The Labute approximate surface area is 177 Å². The van der Waals surface area contributed by atoms with Gasteiger partial charge in [-0.15, -0.1) is 0 Å². The van der Waals surface area contributed by atoms with Crippen molar-refractivity contribution in [2.45, 2.75) is 26.7 Å². The number of hydrogen-bond acceptors (Lipinski definition) is 5. The number of carbonyl (C=O) groups is 2. The molecule has 156 valence electrons. The van der Waals surface area contributed by atoms with Gasteiger partial charge in [-0.05, 0) is 44.9 Å². The molecule has 0 unspecified atom stereocenters. The standard InChI is InChI=1S/C24H27N3O3/c1-3-30-24(29)18-12-14-26(15-13-18)16-27-21-7-5-4-6-20(21)22(23(27)28)25-19-10-8-17(2)9-11-19/h4-11,18H,3,12-16H2,1-2H3. The smallest absolute Gasteiger partial charge is 0.309 e. The number of fused-ring (bicyclic) bond motifs is 1. The van der Waals surface area contributed by atoms with Crippen LogP contribution in [0.4, 0.5) is 11.4 Å². The Morgan fingerprint density at radius 1 is 1.10 bits per heavy atom. The third kappa shape index (κ3) is 4.14. The van der Waals surface area contributed by atoms with Crippen LogP contribution in [0.5, 0.6) is 0 Å². The minimum atomic E-state index is -0.104. The third-order valence-corrected chi connectivity index (χ3v) is 5.72. The first kappa shape index (κ1) is 20.3. The van der Waals surface area contributed by atoms with E-state index in [9.17, 15) is 9.59 Å². The van der Waals surface area contributed by atoms with Gasteiger partial charge in [-0.25, -0.2) is 4.99 Å². The van der Waals surface area contributed by atoms with Gasteiger partial charge in [-0.3, -0.25) is 19.4 Å². The van der Waals surface area contributed by atoms with Crippen LogP contribution in [0.2, 0.25) is 0 Å². The van der Waals surface area contributed by atoms with Gasteiger partial charge in [0.1, 0.15) is 5.71 Å². The van der Waals surface area contributed by atoms with Crippen LogP contribution >= 0.6 is 0 Å². The van der Waals surface area contributed by atoms with Crippen molar-refractivity contribution in [1.82, 2.24) is 4.90 Å². The highest BCUT2D eigenvalue weighted by molar-refractivity contribution is 6.54. The maximum atomic E-state index is 13.3. The van der Waals surface area contributed by atoms with E-state index in [1.807, 2.05) is 62.4 Å². The summed E-state index contributed by atoms with van der Waals surface area (Å²) in [6, 6.07) is 15.7. The molecule has 2 aromatic rings. The number of piperidine rings is 1. The molecule has 0 N–H and O–H groups in total. The number of para-hydroxylation sites is 1. The molecule has 2 heterocycles. The van der Waals surface area contributed by atoms with Gasteiger partial charge in [0.15, 0.2) is 0 Å². The van der Waals surface area contributed by atoms with Crippen LogP contribution in [0.1, 0.15) is 30.9 Å². The monoisotopic (exact) mass is 405 g/mol. The molecule has 0 atom stereocenters. The molecule has 30 heavy (non-hydrogen) atoms. The second kappa shape index (κ2) is 8.79. The minimum Gasteiger partial charge on any atom is -0.466 e. The molecule has 6 heteroatoms. The molecule has 0 saturated carbocycles. The number of ether oxygens (including phenoxy) is 1. The number of rotatable bonds is 5. The van der Waals surface area contributed by atoms with Gasteiger partial charge in [0, 0.05) is 18.7 Å². The van der Waals surface area contributed by atoms with Crippen molar-refractivity contribution in [3.05, 3.63) is 59.7 Å². The van der Waals surface area contributed by atoms with Gasteiger partial charge in [-0.2, -0.15) is 0 Å². The zero-order valence-corrected chi connectivity index (χ0v) is 17.5. The number of aryl methyl sites for hydroxylation is 1. The zero-order valence-electron chi connectivity index (χ0n) is 17.5. The number of nitrogens with zero attached hydrogens (tertiary/aromatic N) is 3. The number of benzene rings is 2. The summed E-state index contributed by atoms with van der Waals surface area (Å²) in [5.74, 6) is -0.224. The molecular formula is C24H27N3O3. The predicted molar refractivity (Wildman–Crippen MR) is 117 cm³/mol. The van der Waals surface area contributed by atoms with E-state index in [4.69, 9.17) is 4.74 Å². The maximum absolute atomic E-state index is 13.3. The first-order chi connectivity index (χ1) is 14.6. The quantitative estimate of drug-likeness (QED) is 0.712. The average molecular weight is 405 g/mol. The maximum Gasteiger partial charge on any atom is 0.309 e. The molecular weight excluding hydrogens is 378 g/mol. The second-order valence-corrected chi connectivity index (χ2v) is 7.83. The van der Waals surface area contributed by atoms with E-state index in [0.717, 1.165) is 48.4 Å². The molecule has 6 nitrogen and oxygen atoms in total. The lowest BCUT2D eigenvalue weighted by molar-refractivity contribution is -0.149. The molecule has 4 rings (SSSR count). The highest BCUT2D eigenvalue weighted by Gasteiger charge is 2.36. The zero-order chi connectivity index (χ0) is 21.1. The fraction of sp³-hybridized carbons (Fsp3) is 0.375. The molecule has 0 aromatic heterocycles. The van der Waals surface area contributed by atoms with E-state index in [2.05, 4.69) is 9.89 Å². The molecule has 2 aliphatic heterocycles. The van der Waals surface area contributed by atoms with Gasteiger partial charge in [0.2, 0.25) is 0 Å². The molecule has 2 aromatic carbocycles. The average Bonchev–Trinajstić information content (AvgIpc) is 3.02. The van der Waals surface area contributed by atoms with E-state index in [1.54, 1.807) is 4.90 Å². The molecule has 0 aliphatic carbocycles. The van der Waals surface area contributed by atoms with Gasteiger partial charge < -0.3 is 4.74 Å². The number of anilines is 1. The fourth-order valence-electron chi connectivity index (χ4n) is 4.03. The van der Waals surface area contributed by atoms with Gasteiger partial charge in [0.25, 0.3) is 5.91 Å². The van der Waals surface area contributed by atoms with Crippen molar-refractivity contribution in [1.29, 1.82) is 0 Å². The first-order valence-corrected chi connectivity index (χ1v) is 10.5. The van der Waals surface area contributed by atoms with Gasteiger partial charge in [0.05, 0.1) is 30.6 Å². The highest BCUT2D eigenvalue weighted by Crippen LogP contribution is 2.31. The SMILES string of the molecule is CCOC(=O)C1CCN(CN2C(=O)C(=Nc3ccc(C)cc3)c3ccccc32)CC1. The van der Waals surface area contributed by atoms with E-state index in [1.165, 1.54) is 0 Å². The summed E-state index contributed by atoms with van der Waals surface area (Å²) in [5, 5.41) is 0. The largest absolute Gasteiger partial charge is 0.466 e. The van der Waals surface area contributed by atoms with E-state index in [0.29, 0.717) is 19.0 Å². The Bertz CT molecular complexity index is 960. The van der Waals surface area contributed by atoms with Crippen LogP contribution in [0.3, 0.4) is 0 Å². The lowest BCUT2D eigenvalue weighted by Crippen LogP contribution is -2.45. The lowest BCUT2D eigenvalue weighted by atomic mass is 9.97. The van der Waals surface area contributed by atoms with Crippen molar-refractivity contribution in [2.24, 2.45) is 10.9 Å². The summed E-state index contributed by atoms with van der Waals surface area (Å²) in [5.41, 5.74) is 4.17. The number of amides is 1. The lowest BCUT2D eigenvalue weighted by Gasteiger charge is -2.33. The van der Waals surface area contributed by atoms with E-state index < -0.39 is 0 Å². The van der Waals surface area contributed by atoms with Crippen LogP contribution in [0.25, 0.3) is 0 Å². The molecule has 0 radical (unpaired) electrons. The van der Waals surface area contributed by atoms with Crippen LogP contribution in [-0.4, -0.2) is 48.9 Å². The van der Waals surface area contributed by atoms with Crippen LogP contribution in [0, 0.1) is 12.8 Å². The topological polar surface area (TPSA) is 62.2 Å². The van der Waals surface area contributed by atoms with Crippen molar-refractivity contribution in [2.75, 3.05) is 31.3 Å². The molecule has 1 saturated heterocycles. The Balaban J connectivity index is 1.50. The summed E-state index contributed by atoms with van der Waals surface area (Å²) in [4.78, 5) is 33.9. The van der Waals surface area contributed by atoms with Gasteiger partial charge in [-0.1, -0.05) is 35.9 Å². The Morgan fingerprint density at radius 3 is 2.50 bits per heavy atom. The highest BCUT2D eigenvalue weighted by atomic mass is 16.5. The normalized spacial score (nSPS) is 18.7. The van der Waals surface area contributed by atoms with Crippen molar-refractivity contribution in [3.63, 3.8) is 0 Å². The van der Waals surface area contributed by atoms with E-state index >= 15 is 0 Å².